The molecule has 4 heteroatoms. The van der Waals surface area contributed by atoms with Crippen molar-refractivity contribution in [3.63, 3.8) is 0 Å². The Morgan fingerprint density at radius 1 is 1.26 bits per heavy atom. The second-order valence-corrected chi connectivity index (χ2v) is 7.67. The van der Waals surface area contributed by atoms with Gasteiger partial charge in [0.05, 0.1) is 11.0 Å². The van der Waals surface area contributed by atoms with Crippen LogP contribution in [0.2, 0.25) is 0 Å². The first-order valence-corrected chi connectivity index (χ1v) is 8.88. The van der Waals surface area contributed by atoms with E-state index >= 15 is 0 Å². The van der Waals surface area contributed by atoms with Crippen LogP contribution in [0.25, 0.3) is 0 Å². The summed E-state index contributed by atoms with van der Waals surface area (Å²) >= 11 is 0. The molecule has 1 unspecified atom stereocenters. The van der Waals surface area contributed by atoms with Gasteiger partial charge in [-0.15, -0.1) is 0 Å². The Hall–Kier alpha value is -1.03. The van der Waals surface area contributed by atoms with Crippen LogP contribution in [-0.2, 0) is 16.3 Å². The van der Waals surface area contributed by atoms with Gasteiger partial charge in [-0.3, -0.25) is 0 Å². The van der Waals surface area contributed by atoms with Crippen LogP contribution in [-0.4, -0.2) is 26.0 Å². The zero-order valence-electron chi connectivity index (χ0n) is 11.6. The number of para-hydroxylation sites is 1. The van der Waals surface area contributed by atoms with Gasteiger partial charge >= 0.3 is 0 Å². The van der Waals surface area contributed by atoms with Gasteiger partial charge in [0.1, 0.15) is 0 Å². The molecular weight excluding hydrogens is 258 g/mol. The van der Waals surface area contributed by atoms with Gasteiger partial charge in [0.2, 0.25) is 0 Å². The van der Waals surface area contributed by atoms with E-state index in [1.165, 1.54) is 5.56 Å². The monoisotopic (exact) mass is 281 g/mol. The molecule has 1 aliphatic heterocycles. The van der Waals surface area contributed by atoms with E-state index in [0.29, 0.717) is 12.3 Å². The first kappa shape index (κ1) is 14.4. The first-order valence-electron chi connectivity index (χ1n) is 7.17. The van der Waals surface area contributed by atoms with E-state index in [-0.39, 0.29) is 5.25 Å². The molecule has 1 aromatic rings. The van der Waals surface area contributed by atoms with Crippen molar-refractivity contribution in [2.75, 3.05) is 17.6 Å². The highest BCUT2D eigenvalue weighted by Crippen LogP contribution is 2.24. The Morgan fingerprint density at radius 3 is 2.84 bits per heavy atom. The van der Waals surface area contributed by atoms with Crippen molar-refractivity contribution >= 4 is 15.5 Å². The average molecular weight is 281 g/mol. The molecule has 1 aromatic carbocycles. The van der Waals surface area contributed by atoms with Crippen LogP contribution in [0.15, 0.2) is 24.3 Å². The average Bonchev–Trinajstić information content (AvgIpc) is 2.61. The van der Waals surface area contributed by atoms with Gasteiger partial charge in [0.15, 0.2) is 9.84 Å². The number of hydrogen-bond acceptors (Lipinski definition) is 3. The van der Waals surface area contributed by atoms with Gasteiger partial charge in [-0.25, -0.2) is 8.42 Å². The van der Waals surface area contributed by atoms with Crippen LogP contribution in [0.4, 0.5) is 5.69 Å². The Kier molecular flexibility index (Phi) is 4.86. The van der Waals surface area contributed by atoms with Crippen molar-refractivity contribution < 1.29 is 8.42 Å². The summed E-state index contributed by atoms with van der Waals surface area (Å²) in [6.45, 7) is 2.64. The lowest BCUT2D eigenvalue weighted by Gasteiger charge is -2.15. The molecule has 0 spiro atoms. The van der Waals surface area contributed by atoms with E-state index in [4.69, 9.17) is 0 Å². The summed E-state index contributed by atoms with van der Waals surface area (Å²) in [6.07, 6.45) is 4.44. The maximum atomic E-state index is 12.3. The van der Waals surface area contributed by atoms with Crippen molar-refractivity contribution in [2.45, 2.75) is 44.3 Å². The maximum absolute atomic E-state index is 12.3. The second kappa shape index (κ2) is 6.42. The molecule has 0 saturated carbocycles. The van der Waals surface area contributed by atoms with E-state index in [2.05, 4.69) is 18.3 Å². The Labute approximate surface area is 116 Å². The second-order valence-electron chi connectivity index (χ2n) is 5.27. The van der Waals surface area contributed by atoms with Crippen molar-refractivity contribution in [1.29, 1.82) is 0 Å². The van der Waals surface area contributed by atoms with Crippen LogP contribution in [0.3, 0.4) is 0 Å². The summed E-state index contributed by atoms with van der Waals surface area (Å²) in [7, 11) is -2.96. The van der Waals surface area contributed by atoms with Crippen LogP contribution in [0, 0.1) is 0 Å². The molecule has 0 bridgehead atoms. The topological polar surface area (TPSA) is 46.2 Å². The molecule has 1 N–H and O–H groups in total. The molecule has 0 saturated heterocycles. The zero-order valence-corrected chi connectivity index (χ0v) is 12.4. The molecule has 2 rings (SSSR count). The number of unbranched alkanes of at least 4 members (excludes halogenated alkanes) is 2. The predicted molar refractivity (Wildman–Crippen MR) is 80.4 cm³/mol. The van der Waals surface area contributed by atoms with Gasteiger partial charge in [0, 0.05) is 12.2 Å². The van der Waals surface area contributed by atoms with Gasteiger partial charge in [-0.05, 0) is 30.9 Å². The third-order valence-electron chi connectivity index (χ3n) is 3.81. The van der Waals surface area contributed by atoms with Crippen molar-refractivity contribution in [3.05, 3.63) is 29.8 Å². The van der Waals surface area contributed by atoms with Crippen molar-refractivity contribution in [1.82, 2.24) is 0 Å². The van der Waals surface area contributed by atoms with E-state index in [1.54, 1.807) is 0 Å². The number of fused-ring (bicyclic) bond motifs is 1. The maximum Gasteiger partial charge on any atom is 0.154 e. The summed E-state index contributed by atoms with van der Waals surface area (Å²) in [6, 6.07) is 8.11. The summed E-state index contributed by atoms with van der Waals surface area (Å²) < 4.78 is 24.6. The minimum atomic E-state index is -2.96. The smallest absolute Gasteiger partial charge is 0.154 e. The highest BCUT2D eigenvalue weighted by Gasteiger charge is 2.26. The molecule has 0 aliphatic carbocycles. The Bertz CT molecular complexity index is 484. The molecule has 1 aliphatic rings. The Morgan fingerprint density at radius 2 is 2.05 bits per heavy atom. The number of anilines is 1. The number of sulfone groups is 1. The van der Waals surface area contributed by atoms with Gasteiger partial charge < -0.3 is 5.32 Å². The molecule has 1 atom stereocenters. The quantitative estimate of drug-likeness (QED) is 0.844. The SMILES string of the molecule is CCCCCS(=O)(=O)C1CCc2ccccc2NC1. The fourth-order valence-electron chi connectivity index (χ4n) is 2.58. The van der Waals surface area contributed by atoms with E-state index in [9.17, 15) is 8.42 Å². The molecule has 0 aromatic heterocycles. The first-order chi connectivity index (χ1) is 9.13. The normalized spacial score (nSPS) is 19.3. The number of nitrogens with one attached hydrogen (secondary N) is 1. The highest BCUT2D eigenvalue weighted by atomic mass is 32.2. The fraction of sp³-hybridized carbons (Fsp3) is 0.600. The van der Waals surface area contributed by atoms with E-state index < -0.39 is 9.84 Å². The minimum Gasteiger partial charge on any atom is -0.384 e. The molecule has 19 heavy (non-hydrogen) atoms. The van der Waals surface area contributed by atoms with E-state index in [1.807, 2.05) is 18.2 Å². The van der Waals surface area contributed by atoms with Gasteiger partial charge in [-0.2, -0.15) is 0 Å². The summed E-state index contributed by atoms with van der Waals surface area (Å²) in [4.78, 5) is 0. The summed E-state index contributed by atoms with van der Waals surface area (Å²) in [5.41, 5.74) is 2.32. The van der Waals surface area contributed by atoms with E-state index in [0.717, 1.165) is 37.8 Å². The van der Waals surface area contributed by atoms with Gasteiger partial charge in [0.25, 0.3) is 0 Å². The molecular formula is C15H23NO2S. The minimum absolute atomic E-state index is 0.239. The third kappa shape index (κ3) is 3.72. The van der Waals surface area contributed by atoms with Gasteiger partial charge in [-0.1, -0.05) is 38.0 Å². The summed E-state index contributed by atoms with van der Waals surface area (Å²) in [5.74, 6) is 0.337. The van der Waals surface area contributed by atoms with Crippen molar-refractivity contribution in [3.8, 4) is 0 Å². The van der Waals surface area contributed by atoms with Crippen LogP contribution in [0.5, 0.6) is 0 Å². The molecule has 1 heterocycles. The number of benzene rings is 1. The lowest BCUT2D eigenvalue weighted by Crippen LogP contribution is -2.30. The fourth-order valence-corrected chi connectivity index (χ4v) is 4.33. The third-order valence-corrected chi connectivity index (χ3v) is 6.09. The number of hydrogen-bond donors (Lipinski definition) is 1. The molecule has 106 valence electrons. The standard InChI is InChI=1S/C15H23NO2S/c1-2-3-6-11-19(17,18)14-10-9-13-7-4-5-8-15(13)16-12-14/h4-5,7-8,14,16H,2-3,6,9-12H2,1H3. The van der Waals surface area contributed by atoms with Crippen LogP contribution < -0.4 is 5.32 Å². The lowest BCUT2D eigenvalue weighted by molar-refractivity contribution is 0.570. The lowest BCUT2D eigenvalue weighted by atomic mass is 10.1. The zero-order chi connectivity index (χ0) is 13.7. The molecule has 0 radical (unpaired) electrons. The van der Waals surface area contributed by atoms with Crippen molar-refractivity contribution in [2.24, 2.45) is 0 Å². The highest BCUT2D eigenvalue weighted by molar-refractivity contribution is 7.92. The van der Waals surface area contributed by atoms with Crippen LogP contribution >= 0.6 is 0 Å². The molecule has 3 nitrogen and oxygen atoms in total. The molecule has 0 amide bonds. The largest absolute Gasteiger partial charge is 0.384 e. The predicted octanol–water partition coefficient (Wildman–Crippen LogP) is 3.02. The molecule has 0 fully saturated rings. The number of aryl methyl sites for hydroxylation is 1. The Balaban J connectivity index is 2.01. The number of rotatable bonds is 5. The summed E-state index contributed by atoms with van der Waals surface area (Å²) in [5, 5.41) is 3.05. The van der Waals surface area contributed by atoms with Crippen LogP contribution in [0.1, 0.15) is 38.2 Å².